The fourth-order valence-electron chi connectivity index (χ4n) is 4.16. The fraction of sp³-hybridized carbons (Fsp3) is 0.250. The van der Waals surface area contributed by atoms with Gasteiger partial charge in [-0.05, 0) is 39.8 Å². The predicted octanol–water partition coefficient (Wildman–Crippen LogP) is 5.53. The van der Waals surface area contributed by atoms with Gasteiger partial charge in [-0.2, -0.15) is 0 Å². The Morgan fingerprint density at radius 1 is 0.889 bits per heavy atom. The number of fused-ring (bicyclic) bond motifs is 4. The van der Waals surface area contributed by atoms with Crippen LogP contribution in [0.4, 0.5) is 0 Å². The third-order valence-corrected chi connectivity index (χ3v) is 5.11. The average molecular weight is 358 g/mol. The van der Waals surface area contributed by atoms with E-state index in [1.54, 1.807) is 6.92 Å². The van der Waals surface area contributed by atoms with Gasteiger partial charge in [0.15, 0.2) is 5.78 Å². The van der Waals surface area contributed by atoms with E-state index in [1.165, 1.54) is 0 Å². The molecule has 4 rings (SSSR count). The molecule has 0 saturated carbocycles. The Hall–Kier alpha value is -2.94. The van der Waals surface area contributed by atoms with E-state index >= 15 is 0 Å². The summed E-state index contributed by atoms with van der Waals surface area (Å²) in [6.07, 6.45) is 0. The molecule has 3 heteroatoms. The minimum absolute atomic E-state index is 0.0973. The zero-order valence-electron chi connectivity index (χ0n) is 16.1. The molecule has 3 aromatic carbocycles. The quantitative estimate of drug-likeness (QED) is 0.443. The minimum Gasteiger partial charge on any atom is -0.462 e. The number of esters is 1. The van der Waals surface area contributed by atoms with Crippen molar-refractivity contribution >= 4 is 22.5 Å². The van der Waals surface area contributed by atoms with Gasteiger partial charge in [-0.15, -0.1) is 0 Å². The van der Waals surface area contributed by atoms with Gasteiger partial charge in [0, 0.05) is 11.1 Å². The lowest BCUT2D eigenvalue weighted by atomic mass is 9.77. The molecular formula is C24H22O3. The normalized spacial score (nSPS) is 12.8. The van der Waals surface area contributed by atoms with E-state index in [4.69, 9.17) is 4.74 Å². The van der Waals surface area contributed by atoms with Crippen LogP contribution in [0.1, 0.15) is 59.5 Å². The summed E-state index contributed by atoms with van der Waals surface area (Å²) in [6.45, 7) is 8.48. The molecular weight excluding hydrogens is 336 g/mol. The van der Waals surface area contributed by atoms with Crippen molar-refractivity contribution in [1.29, 1.82) is 0 Å². The van der Waals surface area contributed by atoms with E-state index in [-0.39, 0.29) is 17.8 Å². The number of ether oxygens (including phenoxy) is 1. The van der Waals surface area contributed by atoms with Crippen LogP contribution in [0.2, 0.25) is 0 Å². The second-order valence-corrected chi connectivity index (χ2v) is 7.89. The summed E-state index contributed by atoms with van der Waals surface area (Å²) in [5, 5.41) is 1.78. The highest BCUT2D eigenvalue weighted by molar-refractivity contribution is 6.29. The van der Waals surface area contributed by atoms with Crippen molar-refractivity contribution in [1.82, 2.24) is 0 Å². The van der Waals surface area contributed by atoms with Gasteiger partial charge in [-0.3, -0.25) is 4.79 Å². The third-order valence-electron chi connectivity index (χ3n) is 5.11. The summed E-state index contributed by atoms with van der Waals surface area (Å²) in [6, 6.07) is 15.4. The number of rotatable bonds is 2. The monoisotopic (exact) mass is 358 g/mol. The highest BCUT2D eigenvalue weighted by Gasteiger charge is 2.38. The zero-order valence-corrected chi connectivity index (χ0v) is 16.1. The number of hydrogen-bond acceptors (Lipinski definition) is 3. The summed E-state index contributed by atoms with van der Waals surface area (Å²) in [4.78, 5) is 26.2. The summed E-state index contributed by atoms with van der Waals surface area (Å²) in [5.74, 6) is -0.536. The van der Waals surface area contributed by atoms with Crippen LogP contribution in [-0.2, 0) is 10.2 Å². The van der Waals surface area contributed by atoms with Crippen molar-refractivity contribution in [3.63, 3.8) is 0 Å². The molecule has 0 radical (unpaired) electrons. The highest BCUT2D eigenvalue weighted by atomic mass is 16.5. The molecule has 0 spiro atoms. The van der Waals surface area contributed by atoms with Crippen LogP contribution in [0, 0.1) is 0 Å². The summed E-state index contributed by atoms with van der Waals surface area (Å²) >= 11 is 0. The molecule has 0 bridgehead atoms. The van der Waals surface area contributed by atoms with Gasteiger partial charge < -0.3 is 4.74 Å². The molecule has 0 aromatic heterocycles. The van der Waals surface area contributed by atoms with Gasteiger partial charge in [0.2, 0.25) is 0 Å². The molecule has 1 aliphatic carbocycles. The van der Waals surface area contributed by atoms with Crippen LogP contribution >= 0.6 is 0 Å². The van der Waals surface area contributed by atoms with E-state index < -0.39 is 5.97 Å². The van der Waals surface area contributed by atoms with Gasteiger partial charge in [0.05, 0.1) is 12.2 Å². The van der Waals surface area contributed by atoms with Gasteiger partial charge in [0.25, 0.3) is 0 Å². The van der Waals surface area contributed by atoms with Gasteiger partial charge in [0.1, 0.15) is 0 Å². The summed E-state index contributed by atoms with van der Waals surface area (Å²) in [5.41, 5.74) is 4.20. The van der Waals surface area contributed by atoms with Crippen LogP contribution in [0.5, 0.6) is 0 Å². The van der Waals surface area contributed by atoms with E-state index in [0.717, 1.165) is 27.5 Å². The molecule has 3 aromatic rings. The molecule has 27 heavy (non-hydrogen) atoms. The van der Waals surface area contributed by atoms with E-state index in [2.05, 4.69) is 20.8 Å². The molecule has 1 aliphatic rings. The SMILES string of the molecule is CCOC(=O)c1c2c(c(C(C)(C)C)c3ccccc13)-c1ccccc1C2=O. The van der Waals surface area contributed by atoms with Gasteiger partial charge in [-0.1, -0.05) is 69.3 Å². The summed E-state index contributed by atoms with van der Waals surface area (Å²) in [7, 11) is 0. The number of ketones is 1. The Bertz CT molecular complexity index is 1100. The fourth-order valence-corrected chi connectivity index (χ4v) is 4.16. The Balaban J connectivity index is 2.25. The third kappa shape index (κ3) is 2.49. The molecule has 0 heterocycles. The van der Waals surface area contributed by atoms with Crippen LogP contribution in [-0.4, -0.2) is 18.4 Å². The van der Waals surface area contributed by atoms with Crippen LogP contribution < -0.4 is 0 Å². The van der Waals surface area contributed by atoms with Crippen molar-refractivity contribution in [2.24, 2.45) is 0 Å². The molecule has 0 amide bonds. The Kier molecular flexibility index (Phi) is 3.92. The van der Waals surface area contributed by atoms with Crippen molar-refractivity contribution in [2.45, 2.75) is 33.1 Å². The van der Waals surface area contributed by atoms with Crippen molar-refractivity contribution in [3.05, 3.63) is 70.8 Å². The van der Waals surface area contributed by atoms with Crippen molar-refractivity contribution in [3.8, 4) is 11.1 Å². The Morgan fingerprint density at radius 3 is 2.11 bits per heavy atom. The zero-order chi connectivity index (χ0) is 19.3. The van der Waals surface area contributed by atoms with E-state index in [9.17, 15) is 9.59 Å². The first-order chi connectivity index (χ1) is 12.9. The molecule has 0 aliphatic heterocycles. The summed E-state index contributed by atoms with van der Waals surface area (Å²) < 4.78 is 5.34. The molecule has 3 nitrogen and oxygen atoms in total. The smallest absolute Gasteiger partial charge is 0.339 e. The maximum absolute atomic E-state index is 13.3. The van der Waals surface area contributed by atoms with Crippen molar-refractivity contribution < 1.29 is 14.3 Å². The molecule has 0 fully saturated rings. The number of hydrogen-bond donors (Lipinski definition) is 0. The second kappa shape index (κ2) is 6.05. The molecule has 136 valence electrons. The molecule has 0 unspecified atom stereocenters. The van der Waals surface area contributed by atoms with Crippen molar-refractivity contribution in [2.75, 3.05) is 6.61 Å². The maximum atomic E-state index is 13.3. The lowest BCUT2D eigenvalue weighted by molar-refractivity contribution is 0.0526. The molecule has 0 atom stereocenters. The van der Waals surface area contributed by atoms with Crippen LogP contribution in [0.3, 0.4) is 0 Å². The molecule has 0 N–H and O–H groups in total. The first-order valence-electron chi connectivity index (χ1n) is 9.26. The first-order valence-corrected chi connectivity index (χ1v) is 9.26. The average Bonchev–Trinajstić information content (AvgIpc) is 2.92. The number of carbonyl (C=O) groups excluding carboxylic acids is 2. The molecule has 0 saturated heterocycles. The lowest BCUT2D eigenvalue weighted by Crippen LogP contribution is -2.18. The van der Waals surface area contributed by atoms with Gasteiger partial charge in [-0.25, -0.2) is 4.79 Å². The number of carbonyl (C=O) groups is 2. The second-order valence-electron chi connectivity index (χ2n) is 7.89. The maximum Gasteiger partial charge on any atom is 0.339 e. The topological polar surface area (TPSA) is 43.4 Å². The lowest BCUT2D eigenvalue weighted by Gasteiger charge is -2.27. The highest BCUT2D eigenvalue weighted by Crippen LogP contribution is 2.48. The Labute approximate surface area is 159 Å². The van der Waals surface area contributed by atoms with E-state index in [0.29, 0.717) is 16.7 Å². The number of benzene rings is 3. The van der Waals surface area contributed by atoms with Crippen LogP contribution in [0.25, 0.3) is 21.9 Å². The predicted molar refractivity (Wildman–Crippen MR) is 107 cm³/mol. The standard InChI is InChI=1S/C24H22O3/c1-5-27-23(26)19-14-10-6-8-12-16(14)21(24(2,3)4)18-15-11-7-9-13-17(15)22(25)20(18)19/h6-13H,5H2,1-4H3. The largest absolute Gasteiger partial charge is 0.462 e. The Morgan fingerprint density at radius 2 is 1.48 bits per heavy atom. The van der Waals surface area contributed by atoms with Gasteiger partial charge >= 0.3 is 5.97 Å². The van der Waals surface area contributed by atoms with Crippen LogP contribution in [0.15, 0.2) is 48.5 Å². The minimum atomic E-state index is -0.438. The van der Waals surface area contributed by atoms with E-state index in [1.807, 2.05) is 48.5 Å². The first kappa shape index (κ1) is 17.5.